The van der Waals surface area contributed by atoms with Crippen molar-refractivity contribution < 1.29 is 5.11 Å². The van der Waals surface area contributed by atoms with Crippen molar-refractivity contribution in [2.24, 2.45) is 15.2 Å². The van der Waals surface area contributed by atoms with Crippen molar-refractivity contribution in [3.63, 3.8) is 0 Å². The molecule has 1 aromatic carbocycles. The van der Waals surface area contributed by atoms with Gasteiger partial charge in [-0.3, -0.25) is 4.99 Å². The number of aliphatic imine (C=N–C) groups is 1. The number of phenolic OH excluding ortho intramolecular Hbond substituents is 1. The molecule has 6 heteroatoms. The predicted molar refractivity (Wildman–Crippen MR) is 134 cm³/mol. The Morgan fingerprint density at radius 3 is 2.61 bits per heavy atom. The Hall–Kier alpha value is -2.73. The van der Waals surface area contributed by atoms with Gasteiger partial charge in [-0.05, 0) is 76.8 Å². The van der Waals surface area contributed by atoms with E-state index in [2.05, 4.69) is 52.8 Å². The fraction of sp³-hybridized carbons (Fsp3) is 0.480. The normalized spacial score (nSPS) is 19.2. The van der Waals surface area contributed by atoms with Crippen LogP contribution in [0.2, 0.25) is 0 Å². The predicted octanol–water partition coefficient (Wildman–Crippen LogP) is 4.66. The average Bonchev–Trinajstić information content (AvgIpc) is 2.72. The van der Waals surface area contributed by atoms with Crippen LogP contribution in [-0.4, -0.2) is 59.5 Å². The summed E-state index contributed by atoms with van der Waals surface area (Å²) in [6.07, 6.45) is 7.63. The van der Waals surface area contributed by atoms with Crippen LogP contribution in [-0.2, 0) is 0 Å². The molecule has 168 valence electrons. The van der Waals surface area contributed by atoms with Crippen molar-refractivity contribution in [1.82, 2.24) is 10.2 Å². The third kappa shape index (κ3) is 7.17. The lowest BCUT2D eigenvalue weighted by atomic mass is 10.0. The molecule has 2 N–H and O–H groups in total. The van der Waals surface area contributed by atoms with Crippen LogP contribution >= 0.6 is 0 Å². The standard InChI is InChI=1S/C25H37N5O/c1-8-19(16-26-7)20-12-13-22(24(31)15-20)23(9-2)29-28-18(3)30-14-10-11-21(17-30)27-25(4,5)6/h8-9,12-13,15-16,21,27,31H,2,10-11,14,17H2,1,3-7H3/b19-8+,26-16?,28-18+,29-23+. The van der Waals surface area contributed by atoms with E-state index >= 15 is 0 Å². The van der Waals surface area contributed by atoms with Crippen molar-refractivity contribution in [3.8, 4) is 5.75 Å². The molecule has 1 saturated heterocycles. The van der Waals surface area contributed by atoms with E-state index in [9.17, 15) is 5.11 Å². The number of rotatable bonds is 6. The maximum absolute atomic E-state index is 10.6. The third-order valence-corrected chi connectivity index (χ3v) is 5.20. The van der Waals surface area contributed by atoms with E-state index in [0.29, 0.717) is 17.3 Å². The van der Waals surface area contributed by atoms with Crippen LogP contribution in [0.1, 0.15) is 58.6 Å². The van der Waals surface area contributed by atoms with Gasteiger partial charge in [0.05, 0.1) is 5.71 Å². The van der Waals surface area contributed by atoms with E-state index in [1.165, 1.54) is 6.42 Å². The van der Waals surface area contributed by atoms with Crippen molar-refractivity contribution in [1.29, 1.82) is 0 Å². The first-order chi connectivity index (χ1) is 14.7. The number of amidine groups is 1. The second kappa shape index (κ2) is 11.0. The van der Waals surface area contributed by atoms with Crippen LogP contribution in [0.25, 0.3) is 5.57 Å². The molecule has 0 saturated carbocycles. The zero-order chi connectivity index (χ0) is 23.0. The molecule has 31 heavy (non-hydrogen) atoms. The van der Waals surface area contributed by atoms with E-state index in [4.69, 9.17) is 0 Å². The van der Waals surface area contributed by atoms with Gasteiger partial charge < -0.3 is 15.3 Å². The number of phenols is 1. The molecule has 1 fully saturated rings. The number of likely N-dealkylation sites (tertiary alicyclic amines) is 1. The summed E-state index contributed by atoms with van der Waals surface area (Å²) in [7, 11) is 1.73. The summed E-state index contributed by atoms with van der Waals surface area (Å²) >= 11 is 0. The van der Waals surface area contributed by atoms with Crippen LogP contribution in [0, 0.1) is 0 Å². The second-order valence-electron chi connectivity index (χ2n) is 8.88. The summed E-state index contributed by atoms with van der Waals surface area (Å²) in [5, 5.41) is 23.1. The van der Waals surface area contributed by atoms with Gasteiger partial charge in [0.1, 0.15) is 11.6 Å². The summed E-state index contributed by atoms with van der Waals surface area (Å²) < 4.78 is 0. The van der Waals surface area contributed by atoms with Gasteiger partial charge in [0, 0.05) is 43.5 Å². The summed E-state index contributed by atoms with van der Waals surface area (Å²) in [4.78, 5) is 6.33. The number of allylic oxidation sites excluding steroid dienone is 3. The lowest BCUT2D eigenvalue weighted by molar-refractivity contribution is 0.237. The molecule has 1 unspecified atom stereocenters. The van der Waals surface area contributed by atoms with E-state index in [1.807, 2.05) is 32.1 Å². The quantitative estimate of drug-likeness (QED) is 0.397. The van der Waals surface area contributed by atoms with Crippen LogP contribution in [0.4, 0.5) is 0 Å². The van der Waals surface area contributed by atoms with E-state index in [-0.39, 0.29) is 11.3 Å². The summed E-state index contributed by atoms with van der Waals surface area (Å²) in [5.41, 5.74) is 3.06. The minimum Gasteiger partial charge on any atom is -0.507 e. The van der Waals surface area contributed by atoms with Crippen LogP contribution in [0.3, 0.4) is 0 Å². The Kier molecular flexibility index (Phi) is 8.75. The Bertz CT molecular complexity index is 890. The van der Waals surface area contributed by atoms with E-state index < -0.39 is 0 Å². The molecule has 1 aliphatic heterocycles. The third-order valence-electron chi connectivity index (χ3n) is 5.20. The molecule has 1 aliphatic rings. The van der Waals surface area contributed by atoms with Crippen molar-refractivity contribution >= 4 is 23.3 Å². The largest absolute Gasteiger partial charge is 0.507 e. The lowest BCUT2D eigenvalue weighted by Crippen LogP contribution is -2.52. The number of aromatic hydroxyl groups is 1. The van der Waals surface area contributed by atoms with Crippen molar-refractivity contribution in [2.45, 2.75) is 59.0 Å². The highest BCUT2D eigenvalue weighted by atomic mass is 16.3. The van der Waals surface area contributed by atoms with Gasteiger partial charge in [-0.1, -0.05) is 18.7 Å². The minimum absolute atomic E-state index is 0.0897. The molecule has 0 bridgehead atoms. The molecular formula is C25H37N5O. The maximum Gasteiger partial charge on any atom is 0.125 e. The van der Waals surface area contributed by atoms with Gasteiger partial charge in [0.2, 0.25) is 0 Å². The molecular weight excluding hydrogens is 386 g/mol. The molecule has 1 aromatic rings. The molecule has 2 rings (SSSR count). The summed E-state index contributed by atoms with van der Waals surface area (Å²) in [6.45, 7) is 16.3. The van der Waals surface area contributed by atoms with Crippen LogP contribution in [0.15, 0.2) is 52.1 Å². The number of hydrogen-bond acceptors (Lipinski definition) is 5. The fourth-order valence-electron chi connectivity index (χ4n) is 3.78. The monoisotopic (exact) mass is 423 g/mol. The van der Waals surface area contributed by atoms with Crippen LogP contribution < -0.4 is 5.32 Å². The van der Waals surface area contributed by atoms with Gasteiger partial charge in [-0.15, -0.1) is 10.2 Å². The Balaban J connectivity index is 2.21. The first kappa shape index (κ1) is 24.5. The van der Waals surface area contributed by atoms with Gasteiger partial charge >= 0.3 is 0 Å². The lowest BCUT2D eigenvalue weighted by Gasteiger charge is -2.37. The molecule has 0 aromatic heterocycles. The van der Waals surface area contributed by atoms with Gasteiger partial charge in [0.25, 0.3) is 0 Å². The topological polar surface area (TPSA) is 72.6 Å². The summed E-state index contributed by atoms with van der Waals surface area (Å²) in [6, 6.07) is 5.93. The highest BCUT2D eigenvalue weighted by molar-refractivity contribution is 6.12. The zero-order valence-corrected chi connectivity index (χ0v) is 19.8. The van der Waals surface area contributed by atoms with Crippen molar-refractivity contribution in [2.75, 3.05) is 20.1 Å². The van der Waals surface area contributed by atoms with Crippen LogP contribution in [0.5, 0.6) is 5.75 Å². The first-order valence-electron chi connectivity index (χ1n) is 10.9. The molecule has 1 heterocycles. The van der Waals surface area contributed by atoms with E-state index in [0.717, 1.165) is 36.5 Å². The molecule has 0 aliphatic carbocycles. The van der Waals surface area contributed by atoms with E-state index in [1.54, 1.807) is 25.4 Å². The maximum atomic E-state index is 10.6. The number of hydrogen-bond donors (Lipinski definition) is 2. The average molecular weight is 424 g/mol. The van der Waals surface area contributed by atoms with Gasteiger partial charge in [-0.25, -0.2) is 0 Å². The first-order valence-corrected chi connectivity index (χ1v) is 10.9. The second-order valence-corrected chi connectivity index (χ2v) is 8.88. The molecule has 0 radical (unpaired) electrons. The smallest absolute Gasteiger partial charge is 0.125 e. The number of nitrogens with one attached hydrogen (secondary N) is 1. The highest BCUT2D eigenvalue weighted by Crippen LogP contribution is 2.24. The zero-order valence-electron chi connectivity index (χ0n) is 19.8. The van der Waals surface area contributed by atoms with Crippen molar-refractivity contribution in [3.05, 3.63) is 48.1 Å². The SMILES string of the molecule is C=C/C(=N\N=C(/C)N1CCCC(NC(C)(C)C)C1)c1ccc(/C(C=NC)=C/C)cc1O. The Morgan fingerprint density at radius 2 is 2.03 bits per heavy atom. The number of nitrogens with zero attached hydrogens (tertiary/aromatic N) is 4. The minimum atomic E-state index is 0.0897. The number of piperidine rings is 1. The highest BCUT2D eigenvalue weighted by Gasteiger charge is 2.24. The molecule has 0 spiro atoms. The molecule has 1 atom stereocenters. The molecule has 0 amide bonds. The Morgan fingerprint density at radius 1 is 1.29 bits per heavy atom. The molecule has 6 nitrogen and oxygen atoms in total. The van der Waals surface area contributed by atoms with Gasteiger partial charge in [0.15, 0.2) is 0 Å². The summed E-state index contributed by atoms with van der Waals surface area (Å²) in [5.74, 6) is 1.01. The number of benzene rings is 1. The van der Waals surface area contributed by atoms with Gasteiger partial charge in [-0.2, -0.15) is 0 Å². The Labute approximate surface area is 187 Å². The fourth-order valence-corrected chi connectivity index (χ4v) is 3.78.